The summed E-state index contributed by atoms with van der Waals surface area (Å²) in [6, 6.07) is 39.8. The molecule has 0 fully saturated rings. The first-order valence-corrected chi connectivity index (χ1v) is 12.1. The van der Waals surface area contributed by atoms with Gasteiger partial charge in [-0.3, -0.25) is 0 Å². The minimum Gasteiger partial charge on any atom is -0.478 e. The third-order valence-corrected chi connectivity index (χ3v) is 6.98. The quantitative estimate of drug-likeness (QED) is 0.222. The summed E-state index contributed by atoms with van der Waals surface area (Å²) in [4.78, 5) is 13.1. The van der Waals surface area contributed by atoms with E-state index in [1.165, 1.54) is 0 Å². The molecule has 0 atom stereocenters. The van der Waals surface area contributed by atoms with Crippen LogP contribution in [0.5, 0.6) is 0 Å². The lowest BCUT2D eigenvalue weighted by Gasteiger charge is -2.24. The lowest BCUT2D eigenvalue weighted by atomic mass is 9.81. The lowest BCUT2D eigenvalue weighted by Crippen LogP contribution is -2.09. The van der Waals surface area contributed by atoms with Crippen molar-refractivity contribution in [2.24, 2.45) is 0 Å². The van der Waals surface area contributed by atoms with Crippen molar-refractivity contribution in [2.45, 2.75) is 0 Å². The second kappa shape index (κ2) is 9.65. The first kappa shape index (κ1) is 22.1. The zero-order valence-electron chi connectivity index (χ0n) is 18.3. The zero-order valence-corrected chi connectivity index (χ0v) is 20.4. The molecule has 0 bridgehead atoms. The Labute approximate surface area is 212 Å². The molecule has 0 amide bonds. The van der Waals surface area contributed by atoms with Crippen LogP contribution in [0.15, 0.2) is 121 Å². The molecule has 0 saturated heterocycles. The van der Waals surface area contributed by atoms with Gasteiger partial charge < -0.3 is 5.11 Å². The van der Waals surface area contributed by atoms with Crippen LogP contribution in [-0.2, 0) is 0 Å². The standard InChI is InChI=1S/C31H21IO2/c32-30-27(23-17-9-3-10-18-23)25(21-13-5-1-6-14-21)29(31(33)34)26(22-15-7-2-8-16-22)28(30)24-19-11-4-12-20-24/h1-20H,(H,33,34). The average Bonchev–Trinajstić information content (AvgIpc) is 2.89. The molecule has 0 heterocycles. The fourth-order valence-corrected chi connectivity index (χ4v) is 5.63. The van der Waals surface area contributed by atoms with Crippen LogP contribution in [-0.4, -0.2) is 11.1 Å². The van der Waals surface area contributed by atoms with Gasteiger partial charge in [0.1, 0.15) is 0 Å². The van der Waals surface area contributed by atoms with Crippen LogP contribution in [0.3, 0.4) is 0 Å². The number of rotatable bonds is 5. The van der Waals surface area contributed by atoms with Crippen molar-refractivity contribution in [2.75, 3.05) is 0 Å². The van der Waals surface area contributed by atoms with E-state index in [0.717, 1.165) is 48.1 Å². The topological polar surface area (TPSA) is 37.3 Å². The minimum absolute atomic E-state index is 0.315. The number of carboxylic acids is 1. The fourth-order valence-electron chi connectivity index (χ4n) is 4.47. The number of halogens is 1. The van der Waals surface area contributed by atoms with E-state index in [0.29, 0.717) is 5.56 Å². The normalized spacial score (nSPS) is 10.7. The Morgan fingerprint density at radius 3 is 1.00 bits per heavy atom. The van der Waals surface area contributed by atoms with E-state index in [9.17, 15) is 9.90 Å². The van der Waals surface area contributed by atoms with Crippen LogP contribution in [0, 0.1) is 3.57 Å². The lowest BCUT2D eigenvalue weighted by molar-refractivity contribution is 0.0698. The third kappa shape index (κ3) is 4.03. The van der Waals surface area contributed by atoms with E-state index in [4.69, 9.17) is 0 Å². The fraction of sp³-hybridized carbons (Fsp3) is 0. The summed E-state index contributed by atoms with van der Waals surface area (Å²) in [7, 11) is 0. The molecule has 0 aliphatic heterocycles. The summed E-state index contributed by atoms with van der Waals surface area (Å²) in [6.45, 7) is 0. The molecule has 0 aromatic heterocycles. The summed E-state index contributed by atoms with van der Waals surface area (Å²) in [5.41, 5.74) is 7.41. The van der Waals surface area contributed by atoms with Crippen molar-refractivity contribution < 1.29 is 9.90 Å². The molecule has 3 heteroatoms. The minimum atomic E-state index is -0.941. The van der Waals surface area contributed by atoms with Gasteiger partial charge in [-0.15, -0.1) is 0 Å². The summed E-state index contributed by atoms with van der Waals surface area (Å²) in [6.07, 6.45) is 0. The molecule has 164 valence electrons. The number of hydrogen-bond acceptors (Lipinski definition) is 1. The third-order valence-electron chi connectivity index (χ3n) is 5.90. The first-order valence-electron chi connectivity index (χ1n) is 11.0. The van der Waals surface area contributed by atoms with Crippen molar-refractivity contribution in [3.05, 3.63) is 130 Å². The number of carbonyl (C=O) groups is 1. The molecule has 5 aromatic rings. The van der Waals surface area contributed by atoms with Gasteiger partial charge in [0.15, 0.2) is 0 Å². The Hall–Kier alpha value is -3.70. The van der Waals surface area contributed by atoms with Gasteiger partial charge in [0.2, 0.25) is 0 Å². The average molecular weight is 552 g/mol. The monoisotopic (exact) mass is 552 g/mol. The molecular weight excluding hydrogens is 531 g/mol. The maximum Gasteiger partial charge on any atom is 0.337 e. The smallest absolute Gasteiger partial charge is 0.337 e. The molecule has 5 rings (SSSR count). The molecular formula is C31H21IO2. The number of aromatic carboxylic acids is 1. The van der Waals surface area contributed by atoms with E-state index in [-0.39, 0.29) is 0 Å². The highest BCUT2D eigenvalue weighted by atomic mass is 127. The van der Waals surface area contributed by atoms with Gasteiger partial charge in [0, 0.05) is 25.8 Å². The molecule has 0 saturated carbocycles. The Kier molecular flexibility index (Phi) is 6.28. The van der Waals surface area contributed by atoms with Gasteiger partial charge in [0.05, 0.1) is 5.56 Å². The van der Waals surface area contributed by atoms with Crippen molar-refractivity contribution in [1.82, 2.24) is 0 Å². The Morgan fingerprint density at radius 1 is 0.471 bits per heavy atom. The first-order chi connectivity index (χ1) is 16.7. The molecule has 0 unspecified atom stereocenters. The van der Waals surface area contributed by atoms with Gasteiger partial charge >= 0.3 is 5.97 Å². The zero-order chi connectivity index (χ0) is 23.5. The number of benzene rings is 5. The maximum atomic E-state index is 13.1. The highest BCUT2D eigenvalue weighted by molar-refractivity contribution is 14.1. The van der Waals surface area contributed by atoms with Crippen LogP contribution in [0.25, 0.3) is 44.5 Å². The molecule has 0 aliphatic carbocycles. The van der Waals surface area contributed by atoms with Gasteiger partial charge in [-0.1, -0.05) is 121 Å². The van der Waals surface area contributed by atoms with Gasteiger partial charge in [-0.05, 0) is 44.8 Å². The van der Waals surface area contributed by atoms with Crippen molar-refractivity contribution >= 4 is 28.6 Å². The Morgan fingerprint density at radius 2 is 0.735 bits per heavy atom. The predicted molar refractivity (Wildman–Crippen MR) is 148 cm³/mol. The molecule has 0 radical (unpaired) electrons. The van der Waals surface area contributed by atoms with Crippen molar-refractivity contribution in [1.29, 1.82) is 0 Å². The van der Waals surface area contributed by atoms with E-state index in [2.05, 4.69) is 22.6 Å². The number of carboxylic acid groups (broad SMARTS) is 1. The second-order valence-corrected chi connectivity index (χ2v) is 9.04. The SMILES string of the molecule is O=C(O)c1c(-c2ccccc2)c(-c2ccccc2)c(I)c(-c2ccccc2)c1-c1ccccc1. The second-order valence-electron chi connectivity index (χ2n) is 7.96. The van der Waals surface area contributed by atoms with Crippen LogP contribution >= 0.6 is 22.6 Å². The van der Waals surface area contributed by atoms with Crippen molar-refractivity contribution in [3.63, 3.8) is 0 Å². The van der Waals surface area contributed by atoms with Gasteiger partial charge in [-0.2, -0.15) is 0 Å². The van der Waals surface area contributed by atoms with E-state index < -0.39 is 5.97 Å². The van der Waals surface area contributed by atoms with Crippen LogP contribution < -0.4 is 0 Å². The predicted octanol–water partition coefficient (Wildman–Crippen LogP) is 8.66. The van der Waals surface area contributed by atoms with Crippen molar-refractivity contribution in [3.8, 4) is 44.5 Å². The summed E-state index contributed by atoms with van der Waals surface area (Å²) in [5.74, 6) is -0.941. The largest absolute Gasteiger partial charge is 0.478 e. The van der Waals surface area contributed by atoms with Gasteiger partial charge in [-0.25, -0.2) is 4.79 Å². The highest BCUT2D eigenvalue weighted by Crippen LogP contribution is 2.49. The summed E-state index contributed by atoms with van der Waals surface area (Å²) < 4.78 is 1.03. The molecule has 1 N–H and O–H groups in total. The molecule has 34 heavy (non-hydrogen) atoms. The van der Waals surface area contributed by atoms with E-state index in [1.807, 2.05) is 121 Å². The summed E-state index contributed by atoms with van der Waals surface area (Å²) in [5, 5.41) is 10.7. The highest BCUT2D eigenvalue weighted by Gasteiger charge is 2.29. The Bertz CT molecular complexity index is 1340. The molecule has 0 spiro atoms. The molecule has 2 nitrogen and oxygen atoms in total. The molecule has 0 aliphatic rings. The van der Waals surface area contributed by atoms with Gasteiger partial charge in [0.25, 0.3) is 0 Å². The molecule has 5 aromatic carbocycles. The van der Waals surface area contributed by atoms with E-state index >= 15 is 0 Å². The van der Waals surface area contributed by atoms with Crippen LogP contribution in [0.4, 0.5) is 0 Å². The maximum absolute atomic E-state index is 13.1. The van der Waals surface area contributed by atoms with Crippen LogP contribution in [0.1, 0.15) is 10.4 Å². The Balaban J connectivity index is 2.04. The summed E-state index contributed by atoms with van der Waals surface area (Å²) >= 11 is 2.40. The van der Waals surface area contributed by atoms with Crippen LogP contribution in [0.2, 0.25) is 0 Å². The number of hydrogen-bond donors (Lipinski definition) is 1. The van der Waals surface area contributed by atoms with E-state index in [1.54, 1.807) is 0 Å².